The van der Waals surface area contributed by atoms with Crippen LogP contribution in [0.1, 0.15) is 21.5 Å². The number of halogens is 4. The summed E-state index contributed by atoms with van der Waals surface area (Å²) < 4.78 is 37.3. The van der Waals surface area contributed by atoms with Crippen LogP contribution in [-0.4, -0.2) is 11.8 Å². The van der Waals surface area contributed by atoms with Gasteiger partial charge in [0, 0.05) is 10.6 Å². The molecule has 2 rings (SSSR count). The molecule has 0 aliphatic rings. The molecule has 0 radical (unpaired) electrons. The third-order valence-corrected chi connectivity index (χ3v) is 3.32. The molecule has 2 aromatic carbocycles. The Bertz CT molecular complexity index is 728. The first kappa shape index (κ1) is 17.8. The van der Waals surface area contributed by atoms with Crippen molar-refractivity contribution in [3.05, 3.63) is 70.2 Å². The van der Waals surface area contributed by atoms with Gasteiger partial charge >= 0.3 is 6.18 Å². The summed E-state index contributed by atoms with van der Waals surface area (Å²) in [6.45, 7) is 0. The van der Waals surface area contributed by atoms with Crippen LogP contribution in [0.5, 0.6) is 0 Å². The Hall–Kier alpha value is -2.54. The van der Waals surface area contributed by atoms with Gasteiger partial charge in [-0.05, 0) is 42.0 Å². The minimum absolute atomic E-state index is 0.00482. The highest BCUT2D eigenvalue weighted by molar-refractivity contribution is 6.30. The predicted molar refractivity (Wildman–Crippen MR) is 82.2 cm³/mol. The first-order chi connectivity index (χ1) is 11.3. The summed E-state index contributed by atoms with van der Waals surface area (Å²) >= 11 is 5.73. The fourth-order valence-corrected chi connectivity index (χ4v) is 1.97. The van der Waals surface area contributed by atoms with E-state index in [9.17, 15) is 22.8 Å². The predicted octanol–water partition coefficient (Wildman–Crippen LogP) is 3.36. The van der Waals surface area contributed by atoms with Gasteiger partial charge in [0.15, 0.2) is 0 Å². The highest BCUT2D eigenvalue weighted by atomic mass is 35.5. The number of carbonyl (C=O) groups is 2. The first-order valence-corrected chi connectivity index (χ1v) is 7.14. The van der Waals surface area contributed by atoms with E-state index in [-0.39, 0.29) is 12.0 Å². The van der Waals surface area contributed by atoms with Crippen LogP contribution in [0.4, 0.5) is 13.2 Å². The molecule has 0 atom stereocenters. The number of alkyl halides is 3. The Labute approximate surface area is 140 Å². The van der Waals surface area contributed by atoms with Crippen molar-refractivity contribution in [2.45, 2.75) is 12.6 Å². The van der Waals surface area contributed by atoms with E-state index in [1.165, 1.54) is 0 Å². The average Bonchev–Trinajstić information content (AvgIpc) is 2.54. The van der Waals surface area contributed by atoms with Crippen LogP contribution in [0.15, 0.2) is 48.5 Å². The van der Waals surface area contributed by atoms with Crippen molar-refractivity contribution >= 4 is 23.4 Å². The molecule has 4 nitrogen and oxygen atoms in total. The molecule has 0 fully saturated rings. The Kier molecular flexibility index (Phi) is 5.46. The average molecular weight is 357 g/mol. The number of nitrogens with one attached hydrogen (secondary N) is 2. The third-order valence-electron chi connectivity index (χ3n) is 3.07. The van der Waals surface area contributed by atoms with Crippen molar-refractivity contribution < 1.29 is 22.8 Å². The second-order valence-electron chi connectivity index (χ2n) is 4.88. The molecule has 0 bridgehead atoms. The number of carbonyl (C=O) groups excluding carboxylic acids is 2. The van der Waals surface area contributed by atoms with Gasteiger partial charge in [0.05, 0.1) is 12.0 Å². The molecular weight excluding hydrogens is 345 g/mol. The van der Waals surface area contributed by atoms with Gasteiger partial charge < -0.3 is 0 Å². The van der Waals surface area contributed by atoms with E-state index in [1.807, 2.05) is 0 Å². The van der Waals surface area contributed by atoms with Gasteiger partial charge in [0.1, 0.15) is 0 Å². The van der Waals surface area contributed by atoms with Gasteiger partial charge in [-0.1, -0.05) is 23.7 Å². The van der Waals surface area contributed by atoms with E-state index in [1.54, 1.807) is 24.3 Å². The lowest BCUT2D eigenvalue weighted by Gasteiger charge is -2.09. The van der Waals surface area contributed by atoms with Crippen LogP contribution in [-0.2, 0) is 17.4 Å². The summed E-state index contributed by atoms with van der Waals surface area (Å²) in [5.74, 6) is -1.19. The van der Waals surface area contributed by atoms with Crippen molar-refractivity contribution in [1.29, 1.82) is 0 Å². The lowest BCUT2D eigenvalue weighted by Crippen LogP contribution is -2.42. The van der Waals surface area contributed by atoms with Gasteiger partial charge in [0.25, 0.3) is 5.91 Å². The maximum atomic E-state index is 12.4. The molecule has 0 aliphatic heterocycles. The molecule has 0 aromatic heterocycles. The van der Waals surface area contributed by atoms with Gasteiger partial charge in [-0.25, -0.2) is 0 Å². The Balaban J connectivity index is 1.88. The smallest absolute Gasteiger partial charge is 0.273 e. The van der Waals surface area contributed by atoms with Gasteiger partial charge in [-0.3, -0.25) is 20.4 Å². The van der Waals surface area contributed by atoms with Gasteiger partial charge in [-0.15, -0.1) is 0 Å². The maximum absolute atomic E-state index is 12.4. The van der Waals surface area contributed by atoms with Crippen molar-refractivity contribution in [1.82, 2.24) is 10.9 Å². The fraction of sp³-hybridized carbons (Fsp3) is 0.125. The zero-order valence-corrected chi connectivity index (χ0v) is 12.9. The monoisotopic (exact) mass is 356 g/mol. The molecule has 2 N–H and O–H groups in total. The summed E-state index contributed by atoms with van der Waals surface area (Å²) in [5.41, 5.74) is 4.17. The molecule has 8 heteroatoms. The summed E-state index contributed by atoms with van der Waals surface area (Å²) in [5, 5.41) is 0.537. The standard InChI is InChI=1S/C16H12ClF3N2O2/c17-13-7-1-10(2-8-13)9-14(23)21-22-15(24)11-3-5-12(6-4-11)16(18,19)20/h1-8H,9H2,(H,21,23)(H,22,24). The topological polar surface area (TPSA) is 58.2 Å². The lowest BCUT2D eigenvalue weighted by atomic mass is 10.1. The quantitative estimate of drug-likeness (QED) is 0.828. The number of amides is 2. The molecule has 2 aromatic rings. The largest absolute Gasteiger partial charge is 0.416 e. The molecule has 0 aliphatic carbocycles. The van der Waals surface area contributed by atoms with Gasteiger partial charge in [0.2, 0.25) is 5.91 Å². The minimum atomic E-state index is -4.47. The molecule has 0 unspecified atom stereocenters. The van der Waals surface area contributed by atoms with Gasteiger partial charge in [-0.2, -0.15) is 13.2 Å². The summed E-state index contributed by atoms with van der Waals surface area (Å²) in [7, 11) is 0. The van der Waals surface area contributed by atoms with Crippen LogP contribution in [0.3, 0.4) is 0 Å². The van der Waals surface area contributed by atoms with Crippen molar-refractivity contribution in [3.63, 3.8) is 0 Å². The molecule has 0 spiro atoms. The summed E-state index contributed by atoms with van der Waals surface area (Å²) in [6, 6.07) is 10.2. The second-order valence-corrected chi connectivity index (χ2v) is 5.32. The SMILES string of the molecule is O=C(Cc1ccc(Cl)cc1)NNC(=O)c1ccc(C(F)(F)F)cc1. The van der Waals surface area contributed by atoms with Crippen LogP contribution >= 0.6 is 11.6 Å². The van der Waals surface area contributed by atoms with E-state index in [0.717, 1.165) is 24.3 Å². The van der Waals surface area contributed by atoms with E-state index in [0.29, 0.717) is 10.6 Å². The molecular formula is C16H12ClF3N2O2. The Morgan fingerprint density at radius 1 is 0.917 bits per heavy atom. The van der Waals surface area contributed by atoms with E-state index < -0.39 is 23.6 Å². The normalized spacial score (nSPS) is 11.0. The number of hydrogen-bond donors (Lipinski definition) is 2. The fourth-order valence-electron chi connectivity index (χ4n) is 1.84. The molecule has 126 valence electrons. The Morgan fingerprint density at radius 2 is 1.50 bits per heavy atom. The second kappa shape index (κ2) is 7.35. The molecule has 24 heavy (non-hydrogen) atoms. The van der Waals surface area contributed by atoms with Crippen LogP contribution < -0.4 is 10.9 Å². The zero-order chi connectivity index (χ0) is 17.7. The highest BCUT2D eigenvalue weighted by Crippen LogP contribution is 2.29. The first-order valence-electron chi connectivity index (χ1n) is 6.76. The minimum Gasteiger partial charge on any atom is -0.273 e. The maximum Gasteiger partial charge on any atom is 0.416 e. The number of benzene rings is 2. The van der Waals surface area contributed by atoms with E-state index in [2.05, 4.69) is 10.9 Å². The van der Waals surface area contributed by atoms with Crippen LogP contribution in [0.2, 0.25) is 5.02 Å². The number of rotatable bonds is 3. The van der Waals surface area contributed by atoms with Crippen molar-refractivity contribution in [3.8, 4) is 0 Å². The number of hydrogen-bond acceptors (Lipinski definition) is 2. The van der Waals surface area contributed by atoms with E-state index >= 15 is 0 Å². The highest BCUT2D eigenvalue weighted by Gasteiger charge is 2.30. The summed E-state index contributed by atoms with van der Waals surface area (Å²) in [4.78, 5) is 23.5. The molecule has 0 saturated heterocycles. The summed E-state index contributed by atoms with van der Waals surface area (Å²) in [6.07, 6.45) is -4.45. The molecule has 2 amide bonds. The van der Waals surface area contributed by atoms with E-state index in [4.69, 9.17) is 11.6 Å². The van der Waals surface area contributed by atoms with Crippen LogP contribution in [0.25, 0.3) is 0 Å². The third kappa shape index (κ3) is 4.99. The van der Waals surface area contributed by atoms with Crippen molar-refractivity contribution in [2.24, 2.45) is 0 Å². The number of hydrazine groups is 1. The lowest BCUT2D eigenvalue weighted by molar-refractivity contribution is -0.137. The van der Waals surface area contributed by atoms with Crippen LogP contribution in [0, 0.1) is 0 Å². The molecule has 0 heterocycles. The Morgan fingerprint density at radius 3 is 2.04 bits per heavy atom. The zero-order valence-electron chi connectivity index (χ0n) is 12.2. The molecule has 0 saturated carbocycles. The van der Waals surface area contributed by atoms with Crippen molar-refractivity contribution in [2.75, 3.05) is 0 Å².